The van der Waals surface area contributed by atoms with E-state index in [1.54, 1.807) is 0 Å². The van der Waals surface area contributed by atoms with E-state index in [0.29, 0.717) is 19.3 Å². The molecule has 0 aliphatic rings. The zero-order valence-electron chi connectivity index (χ0n) is 43.4. The molecule has 0 aromatic heterocycles. The van der Waals surface area contributed by atoms with Crippen molar-refractivity contribution in [1.82, 2.24) is 0 Å². The van der Waals surface area contributed by atoms with Gasteiger partial charge in [0, 0.05) is 19.3 Å². The number of unbranched alkanes of at least 4 members (excludes halogenated alkanes) is 19. The first kappa shape index (κ1) is 63.1. The Bertz CT molecular complexity index is 1390. The maximum atomic E-state index is 12.7. The van der Waals surface area contributed by atoms with Crippen LogP contribution in [0.25, 0.3) is 0 Å². The standard InChI is InChI=1S/C61H100O6/c1-4-7-10-13-15-17-19-21-23-25-27-29-30-32-33-35-37-39-41-43-45-48-51-54-60(63)66-57-58(56-65-59(62)53-50-47-12-9-6-3)67-61(64)55-52-49-46-44-42-40-38-36-34-31-28-26-24-22-20-18-16-14-11-8-5-2/h8,11,16,18-19,21-22,24-25,27-28,30-32,36,38,42,44,58H,4-7,9-10,12-15,17,20,23,26,29,33-35,37,39-41,43,45-57H2,1-3H3/b11-8-,18-16-,21-19-,24-22-,27-25-,31-28-,32-30-,38-36-,44-42-. The average molecular weight is 929 g/mol. The van der Waals surface area contributed by atoms with E-state index in [1.807, 2.05) is 0 Å². The van der Waals surface area contributed by atoms with Crippen LogP contribution in [0.15, 0.2) is 109 Å². The van der Waals surface area contributed by atoms with Gasteiger partial charge in [-0.15, -0.1) is 0 Å². The van der Waals surface area contributed by atoms with Gasteiger partial charge in [0.25, 0.3) is 0 Å². The predicted molar refractivity (Wildman–Crippen MR) is 288 cm³/mol. The Morgan fingerprint density at radius 2 is 0.582 bits per heavy atom. The third-order valence-electron chi connectivity index (χ3n) is 11.3. The molecule has 1 atom stereocenters. The lowest BCUT2D eigenvalue weighted by Gasteiger charge is -2.18. The molecule has 0 fully saturated rings. The van der Waals surface area contributed by atoms with Crippen molar-refractivity contribution in [1.29, 1.82) is 0 Å². The van der Waals surface area contributed by atoms with Crippen LogP contribution in [0, 0.1) is 0 Å². The van der Waals surface area contributed by atoms with E-state index in [4.69, 9.17) is 14.2 Å². The summed E-state index contributed by atoms with van der Waals surface area (Å²) in [6, 6.07) is 0. The largest absolute Gasteiger partial charge is 0.462 e. The Hall–Kier alpha value is -3.93. The Morgan fingerprint density at radius 1 is 0.313 bits per heavy atom. The minimum Gasteiger partial charge on any atom is -0.462 e. The monoisotopic (exact) mass is 929 g/mol. The van der Waals surface area contributed by atoms with E-state index in [2.05, 4.69) is 130 Å². The minimum absolute atomic E-state index is 0.101. The van der Waals surface area contributed by atoms with Gasteiger partial charge in [-0.2, -0.15) is 0 Å². The van der Waals surface area contributed by atoms with Gasteiger partial charge in [-0.05, 0) is 109 Å². The molecule has 0 heterocycles. The van der Waals surface area contributed by atoms with Gasteiger partial charge in [0.1, 0.15) is 13.2 Å². The van der Waals surface area contributed by atoms with E-state index in [-0.39, 0.29) is 37.5 Å². The number of rotatable bonds is 48. The van der Waals surface area contributed by atoms with Crippen LogP contribution in [0.3, 0.4) is 0 Å². The second-order valence-electron chi connectivity index (χ2n) is 17.8. The molecular formula is C61H100O6. The fraction of sp³-hybridized carbons (Fsp3) is 0.656. The van der Waals surface area contributed by atoms with Gasteiger partial charge in [-0.3, -0.25) is 14.4 Å². The highest BCUT2D eigenvalue weighted by molar-refractivity contribution is 5.71. The molecule has 380 valence electrons. The molecule has 0 saturated carbocycles. The zero-order valence-corrected chi connectivity index (χ0v) is 43.4. The van der Waals surface area contributed by atoms with Crippen molar-refractivity contribution in [2.75, 3.05) is 13.2 Å². The highest BCUT2D eigenvalue weighted by atomic mass is 16.6. The van der Waals surface area contributed by atoms with Crippen molar-refractivity contribution in [2.24, 2.45) is 0 Å². The van der Waals surface area contributed by atoms with Crippen molar-refractivity contribution >= 4 is 17.9 Å². The summed E-state index contributed by atoms with van der Waals surface area (Å²) in [5, 5.41) is 0. The summed E-state index contributed by atoms with van der Waals surface area (Å²) in [6.45, 7) is 6.38. The summed E-state index contributed by atoms with van der Waals surface area (Å²) in [7, 11) is 0. The molecule has 0 bridgehead atoms. The van der Waals surface area contributed by atoms with Crippen LogP contribution in [-0.2, 0) is 28.6 Å². The molecule has 0 aliphatic heterocycles. The summed E-state index contributed by atoms with van der Waals surface area (Å²) < 4.78 is 16.7. The maximum absolute atomic E-state index is 12.7. The van der Waals surface area contributed by atoms with E-state index < -0.39 is 6.10 Å². The number of ether oxygens (including phenoxy) is 3. The smallest absolute Gasteiger partial charge is 0.306 e. The lowest BCUT2D eigenvalue weighted by molar-refractivity contribution is -0.167. The molecular weight excluding hydrogens is 829 g/mol. The summed E-state index contributed by atoms with van der Waals surface area (Å²) in [4.78, 5) is 37.7. The second-order valence-corrected chi connectivity index (χ2v) is 17.8. The summed E-state index contributed by atoms with van der Waals surface area (Å²) >= 11 is 0. The molecule has 67 heavy (non-hydrogen) atoms. The predicted octanol–water partition coefficient (Wildman–Crippen LogP) is 18.3. The van der Waals surface area contributed by atoms with Gasteiger partial charge in [0.2, 0.25) is 0 Å². The summed E-state index contributed by atoms with van der Waals surface area (Å²) in [5.41, 5.74) is 0. The highest BCUT2D eigenvalue weighted by Gasteiger charge is 2.19. The molecule has 0 aromatic rings. The third kappa shape index (κ3) is 52.9. The van der Waals surface area contributed by atoms with Crippen molar-refractivity contribution in [2.45, 2.75) is 245 Å². The molecule has 0 radical (unpaired) electrons. The Labute approximate surface area is 412 Å². The van der Waals surface area contributed by atoms with Gasteiger partial charge in [0.15, 0.2) is 6.10 Å². The molecule has 0 saturated heterocycles. The van der Waals surface area contributed by atoms with Gasteiger partial charge in [-0.1, -0.05) is 220 Å². The molecule has 0 spiro atoms. The molecule has 0 N–H and O–H groups in total. The summed E-state index contributed by atoms with van der Waals surface area (Å²) in [6.07, 6.45) is 74.0. The van der Waals surface area contributed by atoms with E-state index in [0.717, 1.165) is 122 Å². The molecule has 0 rings (SSSR count). The Balaban J connectivity index is 4.25. The van der Waals surface area contributed by atoms with E-state index >= 15 is 0 Å². The maximum Gasteiger partial charge on any atom is 0.306 e. The first-order valence-electron chi connectivity index (χ1n) is 27.4. The zero-order chi connectivity index (χ0) is 48.6. The highest BCUT2D eigenvalue weighted by Crippen LogP contribution is 2.13. The van der Waals surface area contributed by atoms with Gasteiger partial charge >= 0.3 is 17.9 Å². The van der Waals surface area contributed by atoms with E-state index in [1.165, 1.54) is 70.6 Å². The number of carbonyl (C=O) groups is 3. The van der Waals surface area contributed by atoms with Crippen LogP contribution >= 0.6 is 0 Å². The molecule has 6 nitrogen and oxygen atoms in total. The van der Waals surface area contributed by atoms with Crippen LogP contribution in [0.4, 0.5) is 0 Å². The number of allylic oxidation sites excluding steroid dienone is 18. The second kappa shape index (κ2) is 54.7. The van der Waals surface area contributed by atoms with Crippen molar-refractivity contribution < 1.29 is 28.6 Å². The number of esters is 3. The number of carbonyl (C=O) groups excluding carboxylic acids is 3. The normalized spacial score (nSPS) is 12.9. The first-order valence-corrected chi connectivity index (χ1v) is 27.4. The topological polar surface area (TPSA) is 78.9 Å². The third-order valence-corrected chi connectivity index (χ3v) is 11.3. The Morgan fingerprint density at radius 3 is 0.940 bits per heavy atom. The van der Waals surface area contributed by atoms with Crippen molar-refractivity contribution in [3.63, 3.8) is 0 Å². The first-order chi connectivity index (χ1) is 33.0. The SMILES string of the molecule is CC/C=C\C/C=C\C/C=C\C/C=C\C/C=C\C/C=C\CCCCC(=O)OC(COC(=O)CCCCCCC)COC(=O)CCCCCCCCCC/C=C\C/C=C\C/C=C\CCCCCCC. The minimum atomic E-state index is -0.803. The quantitative estimate of drug-likeness (QED) is 0.0262. The average Bonchev–Trinajstić information content (AvgIpc) is 3.33. The van der Waals surface area contributed by atoms with Crippen LogP contribution in [-0.4, -0.2) is 37.2 Å². The van der Waals surface area contributed by atoms with E-state index in [9.17, 15) is 14.4 Å². The van der Waals surface area contributed by atoms with Crippen molar-refractivity contribution in [3.8, 4) is 0 Å². The number of hydrogen-bond acceptors (Lipinski definition) is 6. The lowest BCUT2D eigenvalue weighted by Crippen LogP contribution is -2.30. The van der Waals surface area contributed by atoms with Crippen LogP contribution in [0.5, 0.6) is 0 Å². The summed E-state index contributed by atoms with van der Waals surface area (Å²) in [5.74, 6) is -0.970. The van der Waals surface area contributed by atoms with Gasteiger partial charge in [0.05, 0.1) is 0 Å². The molecule has 0 amide bonds. The van der Waals surface area contributed by atoms with Crippen molar-refractivity contribution in [3.05, 3.63) is 109 Å². The Kier molecular flexibility index (Phi) is 51.5. The molecule has 0 aromatic carbocycles. The van der Waals surface area contributed by atoms with Crippen LogP contribution in [0.1, 0.15) is 239 Å². The van der Waals surface area contributed by atoms with Gasteiger partial charge < -0.3 is 14.2 Å². The van der Waals surface area contributed by atoms with Crippen LogP contribution in [0.2, 0.25) is 0 Å². The van der Waals surface area contributed by atoms with Crippen LogP contribution < -0.4 is 0 Å². The number of hydrogen-bond donors (Lipinski definition) is 0. The fourth-order valence-corrected chi connectivity index (χ4v) is 7.16. The molecule has 1 unspecified atom stereocenters. The fourth-order valence-electron chi connectivity index (χ4n) is 7.16. The lowest BCUT2D eigenvalue weighted by atomic mass is 10.1. The molecule has 0 aliphatic carbocycles. The van der Waals surface area contributed by atoms with Gasteiger partial charge in [-0.25, -0.2) is 0 Å². The molecule has 6 heteroatoms.